The number of sulfonamides is 1. The van der Waals surface area contributed by atoms with Crippen LogP contribution in [0.15, 0.2) is 59.5 Å². The van der Waals surface area contributed by atoms with E-state index in [-0.39, 0.29) is 18.0 Å². The van der Waals surface area contributed by atoms with Crippen LogP contribution < -0.4 is 10.3 Å². The minimum absolute atomic E-state index is 0. The number of fused-ring (bicyclic) bond motifs is 1. The molecule has 0 unspecified atom stereocenters. The molecule has 9 heteroatoms. The summed E-state index contributed by atoms with van der Waals surface area (Å²) in [5, 5.41) is 5.79. The van der Waals surface area contributed by atoms with Gasteiger partial charge in [0, 0.05) is 24.2 Å². The Morgan fingerprint density at radius 1 is 1.07 bits per heavy atom. The van der Waals surface area contributed by atoms with Gasteiger partial charge in [-0.15, -0.1) is 12.4 Å². The van der Waals surface area contributed by atoms with Gasteiger partial charge >= 0.3 is 0 Å². The van der Waals surface area contributed by atoms with E-state index in [4.69, 9.17) is 0 Å². The van der Waals surface area contributed by atoms with Crippen LogP contribution in [0.25, 0.3) is 10.8 Å². The fourth-order valence-corrected chi connectivity index (χ4v) is 3.50. The fourth-order valence-electron chi connectivity index (χ4n) is 2.94. The third-order valence-corrected chi connectivity index (χ3v) is 5.10. The van der Waals surface area contributed by atoms with Gasteiger partial charge in [-0.25, -0.2) is 13.1 Å². The second-order valence-corrected chi connectivity index (χ2v) is 8.63. The first-order valence-corrected chi connectivity index (χ1v) is 10.9. The molecule has 2 aromatic carbocycles. The number of hydrogen-bond acceptors (Lipinski definition) is 5. The lowest BCUT2D eigenvalue weighted by Gasteiger charge is -2.17. The number of rotatable bonds is 8. The Morgan fingerprint density at radius 2 is 1.76 bits per heavy atom. The molecule has 7 nitrogen and oxygen atoms in total. The van der Waals surface area contributed by atoms with Crippen LogP contribution in [0, 0.1) is 0 Å². The second-order valence-electron chi connectivity index (χ2n) is 6.88. The molecular weight excluding hydrogens is 412 g/mol. The van der Waals surface area contributed by atoms with E-state index in [1.165, 1.54) is 4.68 Å². The highest BCUT2D eigenvalue weighted by Gasteiger charge is 2.06. The Hall–Kier alpha value is -2.42. The Balaban J connectivity index is 0.00000300. The van der Waals surface area contributed by atoms with Crippen molar-refractivity contribution in [3.05, 3.63) is 70.6 Å². The van der Waals surface area contributed by atoms with Crippen molar-refractivity contribution < 1.29 is 8.42 Å². The summed E-state index contributed by atoms with van der Waals surface area (Å²) in [5.41, 5.74) is 1.61. The Bertz CT molecular complexity index is 1110. The molecule has 1 heterocycles. The zero-order valence-electron chi connectivity index (χ0n) is 16.4. The summed E-state index contributed by atoms with van der Waals surface area (Å²) in [6.45, 7) is 2.05. The smallest absolute Gasteiger partial charge is 0.274 e. The molecule has 3 aromatic rings. The number of anilines is 1. The highest BCUT2D eigenvalue weighted by molar-refractivity contribution is 7.92. The molecule has 0 spiro atoms. The fraction of sp³-hybridized carbons (Fsp3) is 0.300. The van der Waals surface area contributed by atoms with Crippen LogP contribution >= 0.6 is 12.4 Å². The van der Waals surface area contributed by atoms with E-state index in [9.17, 15) is 13.2 Å². The summed E-state index contributed by atoms with van der Waals surface area (Å²) in [7, 11) is -1.25. The maximum Gasteiger partial charge on any atom is 0.274 e. The maximum atomic E-state index is 12.5. The van der Waals surface area contributed by atoms with Crippen LogP contribution in [0.4, 0.5) is 5.69 Å². The van der Waals surface area contributed by atoms with Gasteiger partial charge in [0.05, 0.1) is 24.4 Å². The van der Waals surface area contributed by atoms with E-state index in [2.05, 4.69) is 14.7 Å². The van der Waals surface area contributed by atoms with Gasteiger partial charge in [-0.3, -0.25) is 9.52 Å². The minimum atomic E-state index is -3.26. The van der Waals surface area contributed by atoms with Gasteiger partial charge < -0.3 is 4.90 Å². The zero-order valence-corrected chi connectivity index (χ0v) is 18.0. The molecule has 1 N–H and O–H groups in total. The molecule has 0 aliphatic rings. The molecule has 0 bridgehead atoms. The first kappa shape index (κ1) is 22.9. The average molecular weight is 437 g/mol. The van der Waals surface area contributed by atoms with E-state index < -0.39 is 10.0 Å². The summed E-state index contributed by atoms with van der Waals surface area (Å²) in [6.07, 6.45) is 3.68. The van der Waals surface area contributed by atoms with Crippen molar-refractivity contribution in [2.24, 2.45) is 0 Å². The lowest BCUT2D eigenvalue weighted by Crippen LogP contribution is -2.31. The number of halogens is 1. The largest absolute Gasteiger partial charge is 0.304 e. The molecule has 29 heavy (non-hydrogen) atoms. The van der Waals surface area contributed by atoms with Gasteiger partial charge in [-0.2, -0.15) is 5.10 Å². The summed E-state index contributed by atoms with van der Waals surface area (Å²) in [6, 6.07) is 14.8. The predicted octanol–water partition coefficient (Wildman–Crippen LogP) is 2.36. The summed E-state index contributed by atoms with van der Waals surface area (Å²) >= 11 is 0. The Kier molecular flexibility index (Phi) is 7.78. The molecule has 0 radical (unpaired) electrons. The third kappa shape index (κ3) is 6.56. The van der Waals surface area contributed by atoms with Gasteiger partial charge in [0.25, 0.3) is 5.56 Å². The Labute approximate surface area is 176 Å². The topological polar surface area (TPSA) is 84.3 Å². The summed E-state index contributed by atoms with van der Waals surface area (Å²) < 4.78 is 26.4. The molecule has 0 saturated heterocycles. The molecule has 0 fully saturated rings. The number of aromatic nitrogens is 2. The highest BCUT2D eigenvalue weighted by atomic mass is 35.5. The average Bonchev–Trinajstić information content (AvgIpc) is 2.66. The first-order valence-electron chi connectivity index (χ1n) is 9.02. The van der Waals surface area contributed by atoms with E-state index in [0.717, 1.165) is 30.2 Å². The zero-order chi connectivity index (χ0) is 20.1. The van der Waals surface area contributed by atoms with Crippen molar-refractivity contribution in [1.82, 2.24) is 14.7 Å². The lowest BCUT2D eigenvalue weighted by molar-refractivity contribution is 0.313. The van der Waals surface area contributed by atoms with Crippen molar-refractivity contribution in [3.63, 3.8) is 0 Å². The summed E-state index contributed by atoms with van der Waals surface area (Å²) in [4.78, 5) is 14.6. The predicted molar refractivity (Wildman–Crippen MR) is 119 cm³/mol. The number of likely N-dealkylation sites (N-methyl/N-ethyl adjacent to an activating group) is 1. The van der Waals surface area contributed by atoms with Crippen LogP contribution in [0.5, 0.6) is 0 Å². The standard InChI is InChI=1S/C20H24N4O3S.ClH/c1-23(12-11-16-7-9-18(10-8-16)22-28(2,26)27)13-14-24-20(25)19-6-4-3-5-17(19)15-21-24;/h3-10,15,22H,11-14H2,1-2H3;1H. The van der Waals surface area contributed by atoms with Gasteiger partial charge in [-0.05, 0) is 37.2 Å². The van der Waals surface area contributed by atoms with Crippen molar-refractivity contribution in [3.8, 4) is 0 Å². The summed E-state index contributed by atoms with van der Waals surface area (Å²) in [5.74, 6) is 0. The minimum Gasteiger partial charge on any atom is -0.304 e. The number of hydrogen-bond donors (Lipinski definition) is 1. The molecule has 1 aromatic heterocycles. The Morgan fingerprint density at radius 3 is 2.45 bits per heavy atom. The van der Waals surface area contributed by atoms with Crippen molar-refractivity contribution in [2.45, 2.75) is 13.0 Å². The van der Waals surface area contributed by atoms with Crippen LogP contribution in [-0.4, -0.2) is 49.5 Å². The monoisotopic (exact) mass is 436 g/mol. The third-order valence-electron chi connectivity index (χ3n) is 4.49. The van der Waals surface area contributed by atoms with E-state index in [1.54, 1.807) is 18.3 Å². The van der Waals surface area contributed by atoms with Gasteiger partial charge in [0.15, 0.2) is 0 Å². The molecule has 0 amide bonds. The second kappa shape index (κ2) is 9.87. The van der Waals surface area contributed by atoms with Crippen molar-refractivity contribution in [1.29, 1.82) is 0 Å². The SMILES string of the molecule is CN(CCc1ccc(NS(C)(=O)=O)cc1)CCn1ncc2ccccc2c1=O.Cl. The highest BCUT2D eigenvalue weighted by Crippen LogP contribution is 2.11. The normalized spacial score (nSPS) is 11.4. The van der Waals surface area contributed by atoms with E-state index in [1.807, 2.05) is 43.4 Å². The van der Waals surface area contributed by atoms with Crippen LogP contribution in [-0.2, 0) is 23.0 Å². The molecular formula is C20H25ClN4O3S. The van der Waals surface area contributed by atoms with Gasteiger partial charge in [0.1, 0.15) is 0 Å². The number of nitrogens with one attached hydrogen (secondary N) is 1. The molecule has 3 rings (SSSR count). The quantitative estimate of drug-likeness (QED) is 0.586. The molecule has 156 valence electrons. The van der Waals surface area contributed by atoms with Gasteiger partial charge in [0.2, 0.25) is 10.0 Å². The van der Waals surface area contributed by atoms with Crippen LogP contribution in [0.1, 0.15) is 5.56 Å². The van der Waals surface area contributed by atoms with E-state index >= 15 is 0 Å². The molecule has 0 atom stereocenters. The van der Waals surface area contributed by atoms with E-state index in [0.29, 0.717) is 24.2 Å². The van der Waals surface area contributed by atoms with Gasteiger partial charge in [-0.1, -0.05) is 30.3 Å². The van der Waals surface area contributed by atoms with Crippen LogP contribution in [0.3, 0.4) is 0 Å². The molecule has 0 aliphatic heterocycles. The lowest BCUT2D eigenvalue weighted by atomic mass is 10.1. The number of benzene rings is 2. The van der Waals surface area contributed by atoms with Crippen molar-refractivity contribution >= 4 is 38.9 Å². The molecule has 0 saturated carbocycles. The maximum absolute atomic E-state index is 12.5. The first-order chi connectivity index (χ1) is 13.3. The van der Waals surface area contributed by atoms with Crippen molar-refractivity contribution in [2.75, 3.05) is 31.1 Å². The van der Waals surface area contributed by atoms with Crippen LogP contribution in [0.2, 0.25) is 0 Å². The number of nitrogens with zero attached hydrogens (tertiary/aromatic N) is 3. The molecule has 0 aliphatic carbocycles.